The monoisotopic (exact) mass is 463 g/mol. The van der Waals surface area contributed by atoms with Crippen LogP contribution in [0.1, 0.15) is 28.5 Å². The van der Waals surface area contributed by atoms with Gasteiger partial charge in [-0.2, -0.15) is 0 Å². The van der Waals surface area contributed by atoms with Crippen LogP contribution in [0.15, 0.2) is 64.8 Å². The Morgan fingerprint density at radius 3 is 2.18 bits per heavy atom. The van der Waals surface area contributed by atoms with Gasteiger partial charge in [-0.05, 0) is 36.8 Å². The molecule has 1 N–H and O–H groups in total. The van der Waals surface area contributed by atoms with Crippen molar-refractivity contribution in [1.29, 1.82) is 0 Å². The number of benzene rings is 2. The van der Waals surface area contributed by atoms with E-state index in [2.05, 4.69) is 0 Å². The van der Waals surface area contributed by atoms with E-state index in [-0.39, 0.29) is 17.9 Å². The number of aliphatic hydroxyl groups excluding tert-OH is 1. The summed E-state index contributed by atoms with van der Waals surface area (Å²) < 4.78 is 21.8. The molecular weight excluding hydrogens is 438 g/mol. The van der Waals surface area contributed by atoms with Gasteiger partial charge in [0.15, 0.2) is 11.5 Å². The third-order valence-corrected chi connectivity index (χ3v) is 5.77. The summed E-state index contributed by atoms with van der Waals surface area (Å²) in [7, 11) is 4.45. The topological polar surface area (TPSA) is 98.4 Å². The van der Waals surface area contributed by atoms with Crippen molar-refractivity contribution in [3.05, 3.63) is 82.8 Å². The lowest BCUT2D eigenvalue weighted by atomic mass is 9.94. The van der Waals surface area contributed by atoms with E-state index in [1.165, 1.54) is 32.5 Å². The Kier molecular flexibility index (Phi) is 6.32. The van der Waals surface area contributed by atoms with Crippen molar-refractivity contribution >= 4 is 17.4 Å². The van der Waals surface area contributed by atoms with Crippen LogP contribution in [0.2, 0.25) is 0 Å². The van der Waals surface area contributed by atoms with E-state index in [9.17, 15) is 14.7 Å². The SMILES string of the molecule is COc1cc(C2C(=C(O)c3ccc(C)cc3)C(=O)C(=O)N2Cc2ccco2)cc(OC)c1OC. The van der Waals surface area contributed by atoms with Gasteiger partial charge in [0.2, 0.25) is 5.75 Å². The lowest BCUT2D eigenvalue weighted by Crippen LogP contribution is -2.29. The van der Waals surface area contributed by atoms with Crippen molar-refractivity contribution in [1.82, 2.24) is 4.90 Å². The summed E-state index contributed by atoms with van der Waals surface area (Å²) in [6, 6.07) is 12.9. The van der Waals surface area contributed by atoms with E-state index in [1.54, 1.807) is 36.4 Å². The second-order valence-electron chi connectivity index (χ2n) is 7.83. The van der Waals surface area contributed by atoms with Gasteiger partial charge in [0, 0.05) is 5.56 Å². The van der Waals surface area contributed by atoms with Crippen LogP contribution in [0.25, 0.3) is 5.76 Å². The van der Waals surface area contributed by atoms with E-state index in [4.69, 9.17) is 18.6 Å². The van der Waals surface area contributed by atoms with Crippen LogP contribution < -0.4 is 14.2 Å². The zero-order valence-electron chi connectivity index (χ0n) is 19.3. The first-order valence-corrected chi connectivity index (χ1v) is 10.6. The third kappa shape index (κ3) is 3.98. The predicted molar refractivity (Wildman–Crippen MR) is 124 cm³/mol. The van der Waals surface area contributed by atoms with E-state index < -0.39 is 17.7 Å². The van der Waals surface area contributed by atoms with Crippen LogP contribution in [0.4, 0.5) is 0 Å². The molecule has 8 heteroatoms. The number of hydrogen-bond acceptors (Lipinski definition) is 7. The Bertz CT molecular complexity index is 1220. The highest BCUT2D eigenvalue weighted by atomic mass is 16.5. The van der Waals surface area contributed by atoms with Crippen molar-refractivity contribution in [3.8, 4) is 17.2 Å². The highest BCUT2D eigenvalue weighted by Gasteiger charge is 2.47. The maximum atomic E-state index is 13.2. The Morgan fingerprint density at radius 1 is 1.00 bits per heavy atom. The molecule has 1 aliphatic heterocycles. The number of nitrogens with zero attached hydrogens (tertiary/aromatic N) is 1. The molecule has 2 aromatic carbocycles. The van der Waals surface area contributed by atoms with Gasteiger partial charge >= 0.3 is 0 Å². The van der Waals surface area contributed by atoms with Crippen LogP contribution in [-0.2, 0) is 16.1 Å². The number of carbonyl (C=O) groups is 2. The normalized spacial score (nSPS) is 17.2. The Labute approximate surface area is 197 Å². The van der Waals surface area contributed by atoms with Gasteiger partial charge in [-0.1, -0.05) is 29.8 Å². The zero-order chi connectivity index (χ0) is 24.4. The summed E-state index contributed by atoms with van der Waals surface area (Å²) in [5.41, 5.74) is 1.90. The third-order valence-electron chi connectivity index (χ3n) is 5.77. The zero-order valence-corrected chi connectivity index (χ0v) is 19.3. The quantitative estimate of drug-likeness (QED) is 0.318. The van der Waals surface area contributed by atoms with Crippen LogP contribution in [0.3, 0.4) is 0 Å². The molecule has 34 heavy (non-hydrogen) atoms. The summed E-state index contributed by atoms with van der Waals surface area (Å²) in [5, 5.41) is 11.2. The van der Waals surface area contributed by atoms with Crippen molar-refractivity contribution < 1.29 is 33.3 Å². The van der Waals surface area contributed by atoms with Gasteiger partial charge in [0.25, 0.3) is 11.7 Å². The van der Waals surface area contributed by atoms with Gasteiger partial charge < -0.3 is 28.6 Å². The molecule has 0 bridgehead atoms. The minimum absolute atomic E-state index is 0.0313. The van der Waals surface area contributed by atoms with Crippen LogP contribution in [0.5, 0.6) is 17.2 Å². The number of likely N-dealkylation sites (tertiary alicyclic amines) is 1. The maximum absolute atomic E-state index is 13.2. The van der Waals surface area contributed by atoms with E-state index >= 15 is 0 Å². The number of rotatable bonds is 7. The molecule has 176 valence electrons. The number of methoxy groups -OCH3 is 3. The highest BCUT2D eigenvalue weighted by molar-refractivity contribution is 6.46. The lowest BCUT2D eigenvalue weighted by Gasteiger charge is -2.26. The minimum Gasteiger partial charge on any atom is -0.507 e. The first kappa shape index (κ1) is 23.0. The largest absolute Gasteiger partial charge is 0.507 e. The molecule has 1 unspecified atom stereocenters. The molecule has 8 nitrogen and oxygen atoms in total. The fourth-order valence-electron chi connectivity index (χ4n) is 4.09. The van der Waals surface area contributed by atoms with Crippen LogP contribution >= 0.6 is 0 Å². The molecular formula is C26H25NO7. The van der Waals surface area contributed by atoms with Gasteiger partial charge in [0.05, 0.1) is 45.8 Å². The van der Waals surface area contributed by atoms with Gasteiger partial charge in [-0.3, -0.25) is 9.59 Å². The Morgan fingerprint density at radius 2 is 1.65 bits per heavy atom. The molecule has 0 saturated carbocycles. The molecule has 1 saturated heterocycles. The van der Waals surface area contributed by atoms with Crippen molar-refractivity contribution in [2.45, 2.75) is 19.5 Å². The van der Waals surface area contributed by atoms with Crippen molar-refractivity contribution in [2.75, 3.05) is 21.3 Å². The summed E-state index contributed by atoms with van der Waals surface area (Å²) in [6.07, 6.45) is 1.49. The molecule has 2 heterocycles. The molecule has 3 aromatic rings. The molecule has 0 aliphatic carbocycles. The molecule has 1 atom stereocenters. The molecule has 4 rings (SSSR count). The number of amides is 1. The van der Waals surface area contributed by atoms with Gasteiger partial charge in [-0.15, -0.1) is 0 Å². The molecule has 1 aromatic heterocycles. The summed E-state index contributed by atoms with van der Waals surface area (Å²) in [4.78, 5) is 27.7. The number of ketones is 1. The number of Topliss-reactive ketones (excluding diaryl/α,β-unsaturated/α-hetero) is 1. The fourth-order valence-corrected chi connectivity index (χ4v) is 4.09. The minimum atomic E-state index is -0.917. The highest BCUT2D eigenvalue weighted by Crippen LogP contribution is 2.46. The molecule has 1 fully saturated rings. The Balaban J connectivity index is 1.94. The summed E-state index contributed by atoms with van der Waals surface area (Å²) >= 11 is 0. The Hall–Kier alpha value is -4.20. The molecule has 0 spiro atoms. The number of hydrogen-bond donors (Lipinski definition) is 1. The average Bonchev–Trinajstić information content (AvgIpc) is 3.45. The number of aliphatic hydroxyl groups is 1. The predicted octanol–water partition coefficient (Wildman–Crippen LogP) is 4.24. The average molecular weight is 463 g/mol. The lowest BCUT2D eigenvalue weighted by molar-refractivity contribution is -0.140. The second kappa shape index (κ2) is 9.35. The van der Waals surface area contributed by atoms with Crippen molar-refractivity contribution in [3.63, 3.8) is 0 Å². The van der Waals surface area contributed by atoms with E-state index in [0.29, 0.717) is 34.1 Å². The van der Waals surface area contributed by atoms with Crippen LogP contribution in [-0.4, -0.2) is 43.0 Å². The first-order valence-electron chi connectivity index (χ1n) is 10.6. The standard InChI is InChI=1S/C26H25NO7/c1-15-7-9-16(10-8-15)23(28)21-22(17-12-19(31-2)25(33-4)20(13-17)32-3)27(26(30)24(21)29)14-18-6-5-11-34-18/h5-13,22,28H,14H2,1-4H3. The van der Waals surface area contributed by atoms with Crippen LogP contribution in [0, 0.1) is 6.92 Å². The fraction of sp³-hybridized carbons (Fsp3) is 0.231. The first-order chi connectivity index (χ1) is 16.4. The maximum Gasteiger partial charge on any atom is 0.296 e. The number of carbonyl (C=O) groups excluding carboxylic acids is 2. The second-order valence-corrected chi connectivity index (χ2v) is 7.83. The van der Waals surface area contributed by atoms with Crippen molar-refractivity contribution in [2.24, 2.45) is 0 Å². The molecule has 1 amide bonds. The van der Waals surface area contributed by atoms with Gasteiger partial charge in [-0.25, -0.2) is 0 Å². The summed E-state index contributed by atoms with van der Waals surface area (Å²) in [5.74, 6) is -0.220. The molecule has 0 radical (unpaired) electrons. The number of aryl methyl sites for hydroxylation is 1. The van der Waals surface area contributed by atoms with E-state index in [1.807, 2.05) is 19.1 Å². The number of ether oxygens (including phenoxy) is 3. The van der Waals surface area contributed by atoms with Gasteiger partial charge in [0.1, 0.15) is 11.5 Å². The summed E-state index contributed by atoms with van der Waals surface area (Å²) in [6.45, 7) is 1.95. The number of furan rings is 1. The van der Waals surface area contributed by atoms with E-state index in [0.717, 1.165) is 5.56 Å². The molecule has 1 aliphatic rings. The smallest absolute Gasteiger partial charge is 0.296 e.